The zero-order valence-corrected chi connectivity index (χ0v) is 84.0. The predicted octanol–water partition coefficient (Wildman–Crippen LogP) is 16.3. The average Bonchev–Trinajstić information content (AvgIpc) is 1.13. The maximum atomic E-state index is 12.9. The number of nitrogens with two attached hydrogens (primary N) is 4. The Bertz CT molecular complexity index is 6400. The average molecular weight is 2020 g/mol. The maximum Gasteiger partial charge on any atom is 0.319 e. The first kappa shape index (κ1) is 113. The Hall–Kier alpha value is -18.2. The zero-order chi connectivity index (χ0) is 107. The fourth-order valence-corrected chi connectivity index (χ4v) is 14.3. The molecule has 0 bridgehead atoms. The molecule has 0 aromatic heterocycles. The van der Waals surface area contributed by atoms with Crippen molar-refractivity contribution in [3.05, 3.63) is 358 Å². The van der Waals surface area contributed by atoms with Crippen molar-refractivity contribution in [2.24, 2.45) is 27.9 Å². The van der Waals surface area contributed by atoms with Crippen molar-refractivity contribution in [3.8, 4) is 12.0 Å². The molecule has 776 valence electrons. The number of amides is 20. The summed E-state index contributed by atoms with van der Waals surface area (Å²) < 4.78 is 4.71. The van der Waals surface area contributed by atoms with Crippen LogP contribution in [0.25, 0.3) is 0 Å². The number of nitrogens with zero attached hydrogens (tertiary/aromatic N) is 2. The monoisotopic (exact) mass is 2020 g/mol. The number of aliphatic imine (C=N–C) groups is 1. The van der Waals surface area contributed by atoms with Gasteiger partial charge in [-0.25, -0.2) is 52.7 Å². The molecule has 7 atom stereocenters. The molecule has 38 heteroatoms. The van der Waals surface area contributed by atoms with E-state index in [0.29, 0.717) is 120 Å². The SMILES string of the molecule is CC(N)CN.CC(N)CNC(=O)Nc1ccc(Cc2ccc(NC(=O)NC(C)CNC(=O)Nc3ccc(Cc4ccc(NC(=O)NC(C)CNC(=O)Nc5ccc(Cc6ccc(NC(=O)NC(C)CNC(=O)Nc7ccc(Cc8ccc(NC(=O)NC(C)CNC(=O)Nc9ccc(Cc%10ccc(NC(=O)NC(C)CN)cc%10)cc9)cc8)cc7)cc6)cc5)cc4)cc3)cc2)cc1.N#COc1ccc(Cc2ccc(N=C=O)cc2)cc1. The van der Waals surface area contributed by atoms with Crippen LogP contribution in [0.15, 0.2) is 296 Å². The van der Waals surface area contributed by atoms with Crippen LogP contribution in [0.4, 0.5) is 111 Å². The fourth-order valence-electron chi connectivity index (χ4n) is 14.3. The van der Waals surface area contributed by atoms with Crippen molar-refractivity contribution in [1.29, 1.82) is 5.26 Å². The quantitative estimate of drug-likeness (QED) is 0.00961. The molecule has 12 aromatic rings. The van der Waals surface area contributed by atoms with E-state index >= 15 is 0 Å². The van der Waals surface area contributed by atoms with Crippen LogP contribution in [0.3, 0.4) is 0 Å². The minimum atomic E-state index is -0.437. The number of isocyanates is 1. The minimum Gasteiger partial charge on any atom is -0.388 e. The van der Waals surface area contributed by atoms with Crippen LogP contribution in [0.2, 0.25) is 0 Å². The molecule has 0 heterocycles. The summed E-state index contributed by atoms with van der Waals surface area (Å²) in [6, 6.07) is 83.6. The van der Waals surface area contributed by atoms with Crippen LogP contribution in [-0.2, 0) is 43.3 Å². The highest BCUT2D eigenvalue weighted by Crippen LogP contribution is 2.25. The number of hydrogen-bond acceptors (Lipinski definition) is 18. The van der Waals surface area contributed by atoms with Gasteiger partial charge in [0, 0.05) is 145 Å². The summed E-state index contributed by atoms with van der Waals surface area (Å²) in [5, 5.41) is 64.6. The number of carbonyl (C=O) groups is 10. The van der Waals surface area contributed by atoms with Crippen LogP contribution in [0.1, 0.15) is 115 Å². The summed E-state index contributed by atoms with van der Waals surface area (Å²) >= 11 is 0. The van der Waals surface area contributed by atoms with Gasteiger partial charge in [0.2, 0.25) is 6.08 Å². The first-order valence-corrected chi connectivity index (χ1v) is 48.5. The molecular weight excluding hydrogens is 1890 g/mol. The van der Waals surface area contributed by atoms with Crippen LogP contribution in [0.5, 0.6) is 5.75 Å². The molecule has 12 rings (SSSR count). The first-order chi connectivity index (χ1) is 71.8. The van der Waals surface area contributed by atoms with E-state index in [4.69, 9.17) is 32.9 Å². The molecule has 0 aliphatic carbocycles. The largest absolute Gasteiger partial charge is 0.388 e. The highest BCUT2D eigenvalue weighted by molar-refractivity contribution is 5.95. The van der Waals surface area contributed by atoms with Gasteiger partial charge in [0.15, 0.2) is 0 Å². The van der Waals surface area contributed by atoms with Gasteiger partial charge in [-0.3, -0.25) is 0 Å². The second kappa shape index (κ2) is 59.8. The highest BCUT2D eigenvalue weighted by atomic mass is 16.5. The van der Waals surface area contributed by atoms with Crippen LogP contribution in [-0.4, -0.2) is 154 Å². The molecule has 0 saturated heterocycles. The second-order valence-electron chi connectivity index (χ2n) is 35.8. The van der Waals surface area contributed by atoms with Gasteiger partial charge in [-0.05, 0) is 299 Å². The van der Waals surface area contributed by atoms with Crippen molar-refractivity contribution in [2.45, 2.75) is 129 Å². The first-order valence-electron chi connectivity index (χ1n) is 48.5. The third-order valence-corrected chi connectivity index (χ3v) is 22.2. The van der Waals surface area contributed by atoms with Gasteiger partial charge in [0.25, 0.3) is 6.26 Å². The number of nitriles is 1. The number of ether oxygens (including phenoxy) is 1. The molecule has 149 heavy (non-hydrogen) atoms. The highest BCUT2D eigenvalue weighted by Gasteiger charge is 2.19. The third-order valence-electron chi connectivity index (χ3n) is 22.2. The molecule has 28 N–H and O–H groups in total. The lowest BCUT2D eigenvalue weighted by molar-refractivity contribution is 0.244. The lowest BCUT2D eigenvalue weighted by atomic mass is 10.0. The Morgan fingerprint density at radius 1 is 0.248 bits per heavy atom. The molecule has 0 aliphatic heterocycles. The Morgan fingerprint density at radius 3 is 0.584 bits per heavy atom. The van der Waals surface area contributed by atoms with E-state index in [-0.39, 0.29) is 68.5 Å². The van der Waals surface area contributed by atoms with Gasteiger partial charge in [-0.1, -0.05) is 146 Å². The number of hydrogen-bond donors (Lipinski definition) is 24. The summed E-state index contributed by atoms with van der Waals surface area (Å²) in [6.07, 6.45) is 7.02. The number of urea groups is 10. The summed E-state index contributed by atoms with van der Waals surface area (Å²) in [5.74, 6) is 0.530. The van der Waals surface area contributed by atoms with Crippen molar-refractivity contribution < 1.29 is 57.5 Å². The van der Waals surface area contributed by atoms with Gasteiger partial charge in [0.05, 0.1) is 5.69 Å². The molecule has 0 radical (unpaired) electrons. The second-order valence-corrected chi connectivity index (χ2v) is 35.8. The van der Waals surface area contributed by atoms with Crippen molar-refractivity contribution in [1.82, 2.24) is 53.2 Å². The number of carbonyl (C=O) groups excluding carboxylic acids is 11. The summed E-state index contributed by atoms with van der Waals surface area (Å²) in [4.78, 5) is 140. The molecule has 0 spiro atoms. The third kappa shape index (κ3) is 43.5. The van der Waals surface area contributed by atoms with E-state index in [0.717, 1.165) is 73.2 Å². The standard InChI is InChI=1S/C93H110N22O10.C15H10N2O2.C3H10N2/c1-58(95)53-96-84(116)106-74-27-7-64(8-28-74)47-70-19-39-80(40-20-70)112-90(122)102-60(3)55-98-86(118)108-76-31-11-66(12-32-76)49-72-23-43-82(44-24-72)114-92(124)104-62(5)57-100-88(120)110-78-35-15-68(16-36-78)51-73-25-45-83(46-26-73)115-93(125)105-63(6)56-99-87(119)109-77-33-13-67(14-34-77)50-71-21-41-81(42-22-71)113-91(123)103-61(4)54-97-85(117)107-75-29-9-65(10-30-75)48-69-17-37-79(38-18-69)111-89(121)101-59(2)52-94;16-10-19-15-7-3-13(4-8-15)9-12-1-5-14(6-2-12)17-11-18;1-3(5)2-4/h7-46,58-63H,47-57,94-95H2,1-6H3,(H2,96,106,116)(H2,97,107,117)(H2,98,108,118)(H2,99,109,119)(H2,100,110,120)(H2,101,111,121)(H2,102,112,122)(H2,103,113,123)(H2,104,114,124)(H2,105,115,125);1-8H,9H2;3H,2,4-5H2,1H3. The van der Waals surface area contributed by atoms with E-state index in [1.165, 1.54) is 6.08 Å². The maximum absolute atomic E-state index is 12.9. The van der Waals surface area contributed by atoms with Crippen LogP contribution >= 0.6 is 0 Å². The fraction of sp³-hybridized carbons (Fsp3) is 0.243. The number of nitrogens with one attached hydrogen (secondary N) is 20. The number of anilines is 10. The van der Waals surface area contributed by atoms with Crippen LogP contribution < -0.4 is 134 Å². The predicted molar refractivity (Wildman–Crippen MR) is 587 cm³/mol. The van der Waals surface area contributed by atoms with E-state index in [9.17, 15) is 52.7 Å². The molecule has 7 unspecified atom stereocenters. The van der Waals surface area contributed by atoms with Gasteiger partial charge >= 0.3 is 60.3 Å². The Labute approximate surface area is 866 Å². The normalized spacial score (nSPS) is 11.9. The lowest BCUT2D eigenvalue weighted by Crippen LogP contribution is -2.44. The molecule has 0 saturated carbocycles. The topological polar surface area (TPSA) is 578 Å². The Morgan fingerprint density at radius 2 is 0.416 bits per heavy atom. The van der Waals surface area contributed by atoms with E-state index in [1.54, 1.807) is 131 Å². The molecule has 0 fully saturated rings. The summed E-state index contributed by atoms with van der Waals surface area (Å²) in [6.45, 7) is 14.6. The molecule has 12 aromatic carbocycles. The summed E-state index contributed by atoms with van der Waals surface area (Å²) in [7, 11) is 0. The van der Waals surface area contributed by atoms with Gasteiger partial charge in [0.1, 0.15) is 5.75 Å². The minimum absolute atomic E-state index is 0.137. The van der Waals surface area contributed by atoms with Gasteiger partial charge < -0.3 is 134 Å². The smallest absolute Gasteiger partial charge is 0.319 e. The van der Waals surface area contributed by atoms with Crippen molar-refractivity contribution in [3.63, 3.8) is 0 Å². The summed E-state index contributed by atoms with van der Waals surface area (Å²) in [5.41, 5.74) is 40.5. The zero-order valence-electron chi connectivity index (χ0n) is 84.0. The van der Waals surface area contributed by atoms with E-state index in [1.807, 2.05) is 215 Å². The van der Waals surface area contributed by atoms with Crippen LogP contribution in [0, 0.1) is 11.5 Å². The van der Waals surface area contributed by atoms with Crippen molar-refractivity contribution in [2.75, 3.05) is 99.0 Å². The molecule has 0 aliphatic rings. The molecular formula is C111H130N26O12. The number of rotatable bonds is 41. The van der Waals surface area contributed by atoms with Gasteiger partial charge in [-0.2, -0.15) is 4.99 Å². The molecule has 20 amide bonds. The lowest BCUT2D eigenvalue weighted by Gasteiger charge is -2.16. The number of benzene rings is 12. The Kier molecular flexibility index (Phi) is 45.3. The Balaban J connectivity index is 0.000000828. The molecule has 38 nitrogen and oxygen atoms in total. The van der Waals surface area contributed by atoms with E-state index in [2.05, 4.69) is 111 Å². The van der Waals surface area contributed by atoms with Crippen molar-refractivity contribution >= 4 is 129 Å². The van der Waals surface area contributed by atoms with E-state index < -0.39 is 60.3 Å². The van der Waals surface area contributed by atoms with Gasteiger partial charge in [-0.15, -0.1) is 5.26 Å².